The Morgan fingerprint density at radius 1 is 1.15 bits per heavy atom. The van der Waals surface area contributed by atoms with Crippen molar-refractivity contribution < 1.29 is 22.7 Å². The van der Waals surface area contributed by atoms with Gasteiger partial charge in [-0.2, -0.15) is 0 Å². The molecule has 0 aromatic heterocycles. The average Bonchev–Trinajstić information content (AvgIpc) is 2.80. The van der Waals surface area contributed by atoms with Crippen molar-refractivity contribution in [3.63, 3.8) is 0 Å². The van der Waals surface area contributed by atoms with Crippen molar-refractivity contribution in [3.05, 3.63) is 59.1 Å². The first kappa shape index (κ1) is 27.5. The van der Waals surface area contributed by atoms with Gasteiger partial charge in [-0.3, -0.25) is 13.9 Å². The Labute approximate surface area is 206 Å². The number of hydrogen-bond donors (Lipinski definition) is 1. The number of anilines is 1. The van der Waals surface area contributed by atoms with E-state index in [0.29, 0.717) is 22.9 Å². The van der Waals surface area contributed by atoms with Gasteiger partial charge < -0.3 is 15.0 Å². The SMILES string of the molecule is CCCCNC(=O)[C@@H](C)N(Cc1ccccc1Cl)C(=O)CN(c1cccc(OC)c1)S(C)(=O)=O. The molecule has 0 radical (unpaired) electrons. The summed E-state index contributed by atoms with van der Waals surface area (Å²) in [6, 6.07) is 12.6. The van der Waals surface area contributed by atoms with Gasteiger partial charge in [-0.25, -0.2) is 8.42 Å². The lowest BCUT2D eigenvalue weighted by molar-refractivity contribution is -0.139. The third-order valence-corrected chi connectivity index (χ3v) is 6.83. The van der Waals surface area contributed by atoms with Crippen LogP contribution in [0.15, 0.2) is 48.5 Å². The fourth-order valence-electron chi connectivity index (χ4n) is 3.31. The second-order valence-electron chi connectivity index (χ2n) is 7.90. The van der Waals surface area contributed by atoms with E-state index >= 15 is 0 Å². The van der Waals surface area contributed by atoms with Gasteiger partial charge in [-0.15, -0.1) is 0 Å². The highest BCUT2D eigenvalue weighted by atomic mass is 35.5. The summed E-state index contributed by atoms with van der Waals surface area (Å²) in [6.07, 6.45) is 2.76. The van der Waals surface area contributed by atoms with Crippen LogP contribution in [-0.2, 0) is 26.2 Å². The molecule has 0 aliphatic carbocycles. The molecule has 1 N–H and O–H groups in total. The van der Waals surface area contributed by atoms with Gasteiger partial charge in [-0.1, -0.05) is 49.2 Å². The van der Waals surface area contributed by atoms with E-state index in [-0.39, 0.29) is 18.1 Å². The number of benzene rings is 2. The molecule has 2 aromatic carbocycles. The number of unbranched alkanes of at least 4 members (excludes halogenated alkanes) is 1. The van der Waals surface area contributed by atoms with Crippen LogP contribution in [0.1, 0.15) is 32.3 Å². The molecule has 0 aliphatic heterocycles. The van der Waals surface area contributed by atoms with Crippen molar-refractivity contribution in [1.29, 1.82) is 0 Å². The van der Waals surface area contributed by atoms with E-state index in [2.05, 4.69) is 5.32 Å². The Kier molecular flexibility index (Phi) is 10.2. The molecule has 34 heavy (non-hydrogen) atoms. The lowest BCUT2D eigenvalue weighted by Crippen LogP contribution is -2.51. The van der Waals surface area contributed by atoms with E-state index < -0.39 is 28.5 Å². The summed E-state index contributed by atoms with van der Waals surface area (Å²) in [6.45, 7) is 3.69. The maximum atomic E-state index is 13.5. The topological polar surface area (TPSA) is 96.0 Å². The van der Waals surface area contributed by atoms with Gasteiger partial charge in [0.2, 0.25) is 21.8 Å². The Morgan fingerprint density at radius 2 is 1.85 bits per heavy atom. The predicted octanol–water partition coefficient (Wildman–Crippen LogP) is 3.45. The number of carbonyl (C=O) groups excluding carboxylic acids is 2. The molecule has 0 spiro atoms. The number of nitrogens with one attached hydrogen (secondary N) is 1. The molecule has 0 aliphatic rings. The number of hydrogen-bond acceptors (Lipinski definition) is 5. The maximum Gasteiger partial charge on any atom is 0.244 e. The van der Waals surface area contributed by atoms with Crippen molar-refractivity contribution in [3.8, 4) is 5.75 Å². The zero-order valence-corrected chi connectivity index (χ0v) is 21.5. The smallest absolute Gasteiger partial charge is 0.244 e. The molecule has 0 fully saturated rings. The van der Waals surface area contributed by atoms with E-state index in [1.165, 1.54) is 18.1 Å². The van der Waals surface area contributed by atoms with Crippen molar-refractivity contribution >= 4 is 39.1 Å². The van der Waals surface area contributed by atoms with E-state index in [1.54, 1.807) is 49.4 Å². The molecule has 0 unspecified atom stereocenters. The van der Waals surface area contributed by atoms with Crippen LogP contribution in [0.5, 0.6) is 5.75 Å². The van der Waals surface area contributed by atoms with E-state index in [9.17, 15) is 18.0 Å². The zero-order valence-electron chi connectivity index (χ0n) is 20.0. The Bertz CT molecular complexity index is 1090. The minimum atomic E-state index is -3.81. The highest BCUT2D eigenvalue weighted by Crippen LogP contribution is 2.24. The minimum Gasteiger partial charge on any atom is -0.497 e. The summed E-state index contributed by atoms with van der Waals surface area (Å²) in [5.41, 5.74) is 0.936. The minimum absolute atomic E-state index is 0.0522. The summed E-state index contributed by atoms with van der Waals surface area (Å²) in [7, 11) is -2.34. The van der Waals surface area contributed by atoms with Gasteiger partial charge in [-0.05, 0) is 37.1 Å². The molecule has 2 amide bonds. The van der Waals surface area contributed by atoms with Crippen molar-refractivity contribution in [2.45, 2.75) is 39.3 Å². The fraction of sp³-hybridized carbons (Fsp3) is 0.417. The fourth-order valence-corrected chi connectivity index (χ4v) is 4.35. The van der Waals surface area contributed by atoms with Crippen LogP contribution >= 0.6 is 11.6 Å². The number of halogens is 1. The Balaban J connectivity index is 2.37. The normalized spacial score (nSPS) is 12.0. The average molecular weight is 510 g/mol. The molecule has 0 heterocycles. The standard InChI is InChI=1S/C24H32ClN3O5S/c1-5-6-14-26-24(30)18(2)27(16-19-10-7-8-13-22(19)25)23(29)17-28(34(4,31)32)20-11-9-12-21(15-20)33-3/h7-13,15,18H,5-6,14,16-17H2,1-4H3,(H,26,30)/t18-/m1/s1. The van der Waals surface area contributed by atoms with Gasteiger partial charge in [0.25, 0.3) is 0 Å². The molecule has 0 saturated heterocycles. The van der Waals surface area contributed by atoms with Crippen LogP contribution in [0.25, 0.3) is 0 Å². The quantitative estimate of drug-likeness (QED) is 0.442. The van der Waals surface area contributed by atoms with Gasteiger partial charge >= 0.3 is 0 Å². The number of ether oxygens (including phenoxy) is 1. The monoisotopic (exact) mass is 509 g/mol. The first-order valence-corrected chi connectivity index (χ1v) is 13.2. The van der Waals surface area contributed by atoms with E-state index in [0.717, 1.165) is 23.4 Å². The largest absolute Gasteiger partial charge is 0.497 e. The lowest BCUT2D eigenvalue weighted by Gasteiger charge is -2.31. The third kappa shape index (κ3) is 7.63. The van der Waals surface area contributed by atoms with Crippen molar-refractivity contribution in [1.82, 2.24) is 10.2 Å². The summed E-state index contributed by atoms with van der Waals surface area (Å²) >= 11 is 6.31. The van der Waals surface area contributed by atoms with Crippen LogP contribution in [0, 0.1) is 0 Å². The first-order valence-electron chi connectivity index (χ1n) is 11.0. The van der Waals surface area contributed by atoms with Crippen LogP contribution in [-0.4, -0.2) is 57.6 Å². The maximum absolute atomic E-state index is 13.5. The molecular formula is C24H32ClN3O5S. The van der Waals surface area contributed by atoms with E-state index in [1.807, 2.05) is 6.92 Å². The van der Waals surface area contributed by atoms with Crippen molar-refractivity contribution in [2.24, 2.45) is 0 Å². The summed E-state index contributed by atoms with van der Waals surface area (Å²) in [5.74, 6) is -0.400. The Hall–Kier alpha value is -2.78. The van der Waals surface area contributed by atoms with Gasteiger partial charge in [0, 0.05) is 24.2 Å². The number of carbonyl (C=O) groups is 2. The summed E-state index contributed by atoms with van der Waals surface area (Å²) in [4.78, 5) is 27.6. The van der Waals surface area contributed by atoms with Crippen LogP contribution in [0.3, 0.4) is 0 Å². The third-order valence-electron chi connectivity index (χ3n) is 5.32. The molecule has 8 nitrogen and oxygen atoms in total. The van der Waals surface area contributed by atoms with E-state index in [4.69, 9.17) is 16.3 Å². The number of methoxy groups -OCH3 is 1. The molecule has 1 atom stereocenters. The Morgan fingerprint density at radius 3 is 2.47 bits per heavy atom. The second-order valence-corrected chi connectivity index (χ2v) is 10.2. The second kappa shape index (κ2) is 12.6. The molecule has 0 saturated carbocycles. The number of nitrogens with zero attached hydrogens (tertiary/aromatic N) is 2. The first-order chi connectivity index (χ1) is 16.1. The highest BCUT2D eigenvalue weighted by Gasteiger charge is 2.30. The molecule has 2 rings (SSSR count). The molecule has 186 valence electrons. The summed E-state index contributed by atoms with van der Waals surface area (Å²) < 4.78 is 31.4. The number of sulfonamides is 1. The van der Waals surface area contributed by atoms with Gasteiger partial charge in [0.1, 0.15) is 18.3 Å². The number of rotatable bonds is 12. The molecule has 0 bridgehead atoms. The summed E-state index contributed by atoms with van der Waals surface area (Å²) in [5, 5.41) is 3.29. The van der Waals surface area contributed by atoms with Gasteiger partial charge in [0.15, 0.2) is 0 Å². The van der Waals surface area contributed by atoms with Gasteiger partial charge in [0.05, 0.1) is 19.1 Å². The van der Waals surface area contributed by atoms with Crippen LogP contribution in [0.2, 0.25) is 5.02 Å². The predicted molar refractivity (Wildman–Crippen MR) is 135 cm³/mol. The van der Waals surface area contributed by atoms with Crippen molar-refractivity contribution in [2.75, 3.05) is 30.8 Å². The number of amides is 2. The molecule has 10 heteroatoms. The van der Waals surface area contributed by atoms with Crippen LogP contribution in [0.4, 0.5) is 5.69 Å². The van der Waals surface area contributed by atoms with Crippen LogP contribution < -0.4 is 14.4 Å². The highest BCUT2D eigenvalue weighted by molar-refractivity contribution is 7.92. The molecular weight excluding hydrogens is 478 g/mol. The lowest BCUT2D eigenvalue weighted by atomic mass is 10.1. The zero-order chi connectivity index (χ0) is 25.3. The molecule has 2 aromatic rings.